The van der Waals surface area contributed by atoms with E-state index in [9.17, 15) is 0 Å². The summed E-state index contributed by atoms with van der Waals surface area (Å²) in [5, 5.41) is 5.08. The molecule has 1 aliphatic carbocycles. The minimum Gasteiger partial charge on any atom is -0.381 e. The van der Waals surface area contributed by atoms with E-state index in [4.69, 9.17) is 34.8 Å². The molecule has 0 saturated heterocycles. The SMILES string of the molecule is Clc1cc(Cl)c(NC2CCc3cc(Br)ccc3C2)cc1Cl. The normalized spacial score (nSPS) is 17.4. The van der Waals surface area contributed by atoms with Crippen LogP contribution in [0.2, 0.25) is 15.1 Å². The van der Waals surface area contributed by atoms with Crippen molar-refractivity contribution >= 4 is 56.4 Å². The molecule has 0 saturated carbocycles. The summed E-state index contributed by atoms with van der Waals surface area (Å²) in [6, 6.07) is 10.3. The molecule has 1 unspecified atom stereocenters. The molecule has 1 atom stereocenters. The van der Waals surface area contributed by atoms with Crippen LogP contribution in [0.25, 0.3) is 0 Å². The van der Waals surface area contributed by atoms with Crippen LogP contribution in [0.4, 0.5) is 5.69 Å². The van der Waals surface area contributed by atoms with Crippen LogP contribution in [-0.4, -0.2) is 6.04 Å². The topological polar surface area (TPSA) is 12.0 Å². The molecule has 2 aromatic rings. The summed E-state index contributed by atoms with van der Waals surface area (Å²) in [5.74, 6) is 0. The maximum atomic E-state index is 6.23. The molecule has 0 amide bonds. The van der Waals surface area contributed by atoms with Crippen molar-refractivity contribution < 1.29 is 0 Å². The molecule has 3 rings (SSSR count). The number of anilines is 1. The molecule has 1 N–H and O–H groups in total. The van der Waals surface area contributed by atoms with Gasteiger partial charge in [-0.05, 0) is 54.7 Å². The Hall–Kier alpha value is -0.410. The average Bonchev–Trinajstić information content (AvgIpc) is 2.45. The van der Waals surface area contributed by atoms with E-state index in [0.29, 0.717) is 21.1 Å². The standard InChI is InChI=1S/C16H13BrCl3N/c17-11-3-1-10-6-12(4-2-9(10)5-11)21-16-8-14(19)13(18)7-15(16)20/h1,3,5,7-8,12,21H,2,4,6H2. The van der Waals surface area contributed by atoms with Crippen molar-refractivity contribution in [3.63, 3.8) is 0 Å². The lowest BCUT2D eigenvalue weighted by Crippen LogP contribution is -2.27. The summed E-state index contributed by atoms with van der Waals surface area (Å²) in [6.07, 6.45) is 3.12. The minimum absolute atomic E-state index is 0.355. The first-order chi connectivity index (χ1) is 10.0. The Labute approximate surface area is 147 Å². The van der Waals surface area contributed by atoms with Gasteiger partial charge in [0, 0.05) is 10.5 Å². The molecule has 1 nitrogen and oxygen atoms in total. The number of fused-ring (bicyclic) bond motifs is 1. The van der Waals surface area contributed by atoms with E-state index in [1.165, 1.54) is 11.1 Å². The summed E-state index contributed by atoms with van der Waals surface area (Å²) >= 11 is 21.8. The molecule has 0 heterocycles. The van der Waals surface area contributed by atoms with Crippen molar-refractivity contribution in [2.75, 3.05) is 5.32 Å². The Morgan fingerprint density at radius 2 is 1.71 bits per heavy atom. The smallest absolute Gasteiger partial charge is 0.0653 e. The second kappa shape index (κ2) is 6.37. The average molecular weight is 406 g/mol. The fourth-order valence-corrected chi connectivity index (χ4v) is 3.71. The van der Waals surface area contributed by atoms with Crippen molar-refractivity contribution in [1.29, 1.82) is 0 Å². The van der Waals surface area contributed by atoms with Crippen LogP contribution >= 0.6 is 50.7 Å². The minimum atomic E-state index is 0.355. The third-order valence-corrected chi connectivity index (χ3v) is 5.29. The molecule has 0 bridgehead atoms. The number of aryl methyl sites for hydroxylation is 1. The fraction of sp³-hybridized carbons (Fsp3) is 0.250. The molecule has 0 spiro atoms. The summed E-state index contributed by atoms with van der Waals surface area (Å²) in [4.78, 5) is 0. The second-order valence-electron chi connectivity index (χ2n) is 5.24. The van der Waals surface area contributed by atoms with Crippen molar-refractivity contribution in [1.82, 2.24) is 0 Å². The third-order valence-electron chi connectivity index (χ3n) is 3.77. The highest BCUT2D eigenvalue weighted by Gasteiger charge is 2.19. The summed E-state index contributed by atoms with van der Waals surface area (Å²) < 4.78 is 1.14. The van der Waals surface area contributed by atoms with Crippen LogP contribution in [0.5, 0.6) is 0 Å². The van der Waals surface area contributed by atoms with Crippen molar-refractivity contribution in [2.24, 2.45) is 0 Å². The monoisotopic (exact) mass is 403 g/mol. The number of rotatable bonds is 2. The van der Waals surface area contributed by atoms with E-state index in [2.05, 4.69) is 39.4 Å². The van der Waals surface area contributed by atoms with Crippen LogP contribution in [0.1, 0.15) is 17.5 Å². The first kappa shape index (κ1) is 15.5. The first-order valence-corrected chi connectivity index (χ1v) is 8.64. The van der Waals surface area contributed by atoms with E-state index in [0.717, 1.165) is 29.4 Å². The van der Waals surface area contributed by atoms with E-state index in [-0.39, 0.29) is 0 Å². The van der Waals surface area contributed by atoms with Crippen molar-refractivity contribution in [3.05, 3.63) is 61.0 Å². The molecular weight excluding hydrogens is 392 g/mol. The number of nitrogens with one attached hydrogen (secondary N) is 1. The Balaban J connectivity index is 1.78. The summed E-state index contributed by atoms with van der Waals surface area (Å²) in [5.41, 5.74) is 3.65. The van der Waals surface area contributed by atoms with E-state index >= 15 is 0 Å². The van der Waals surface area contributed by atoms with Crippen LogP contribution in [-0.2, 0) is 12.8 Å². The van der Waals surface area contributed by atoms with Gasteiger partial charge >= 0.3 is 0 Å². The molecule has 2 aromatic carbocycles. The summed E-state index contributed by atoms with van der Waals surface area (Å²) in [6.45, 7) is 0. The quantitative estimate of drug-likeness (QED) is 0.572. The molecule has 0 radical (unpaired) electrons. The van der Waals surface area contributed by atoms with Gasteiger partial charge < -0.3 is 5.32 Å². The first-order valence-electron chi connectivity index (χ1n) is 6.71. The molecule has 110 valence electrons. The van der Waals surface area contributed by atoms with Crippen LogP contribution in [0, 0.1) is 0 Å². The lowest BCUT2D eigenvalue weighted by atomic mass is 9.88. The van der Waals surface area contributed by atoms with Gasteiger partial charge in [0.15, 0.2) is 0 Å². The Kier molecular flexibility index (Phi) is 4.70. The van der Waals surface area contributed by atoms with Crippen LogP contribution in [0.15, 0.2) is 34.8 Å². The van der Waals surface area contributed by atoms with Gasteiger partial charge in [-0.2, -0.15) is 0 Å². The number of benzene rings is 2. The predicted octanol–water partition coefficient (Wildman–Crippen LogP) is 6.38. The molecule has 21 heavy (non-hydrogen) atoms. The lowest BCUT2D eigenvalue weighted by Gasteiger charge is -2.27. The van der Waals surface area contributed by atoms with Gasteiger partial charge in [0.05, 0.1) is 20.8 Å². The number of halogens is 4. The molecular formula is C16H13BrCl3N. The zero-order valence-corrected chi connectivity index (χ0v) is 15.0. The Morgan fingerprint density at radius 1 is 0.952 bits per heavy atom. The Morgan fingerprint density at radius 3 is 2.52 bits per heavy atom. The highest BCUT2D eigenvalue weighted by atomic mass is 79.9. The maximum absolute atomic E-state index is 6.23. The van der Waals surface area contributed by atoms with E-state index in [1.54, 1.807) is 12.1 Å². The largest absolute Gasteiger partial charge is 0.381 e. The predicted molar refractivity (Wildman–Crippen MR) is 95.0 cm³/mol. The van der Waals surface area contributed by atoms with E-state index < -0.39 is 0 Å². The fourth-order valence-electron chi connectivity index (χ4n) is 2.70. The zero-order chi connectivity index (χ0) is 15.0. The number of hydrogen-bond donors (Lipinski definition) is 1. The highest BCUT2D eigenvalue weighted by Crippen LogP contribution is 2.34. The second-order valence-corrected chi connectivity index (χ2v) is 7.38. The third kappa shape index (κ3) is 3.50. The molecule has 0 aromatic heterocycles. The van der Waals surface area contributed by atoms with Gasteiger partial charge in [0.2, 0.25) is 0 Å². The summed E-state index contributed by atoms with van der Waals surface area (Å²) in [7, 11) is 0. The van der Waals surface area contributed by atoms with Gasteiger partial charge in [-0.25, -0.2) is 0 Å². The van der Waals surface area contributed by atoms with Gasteiger partial charge in [-0.3, -0.25) is 0 Å². The highest BCUT2D eigenvalue weighted by molar-refractivity contribution is 9.10. The van der Waals surface area contributed by atoms with Crippen LogP contribution in [0.3, 0.4) is 0 Å². The van der Waals surface area contributed by atoms with Crippen molar-refractivity contribution in [3.8, 4) is 0 Å². The van der Waals surface area contributed by atoms with Crippen LogP contribution < -0.4 is 5.32 Å². The Bertz CT molecular complexity index is 687. The molecule has 1 aliphatic rings. The molecule has 0 fully saturated rings. The van der Waals surface area contributed by atoms with Gasteiger partial charge in [-0.1, -0.05) is 56.8 Å². The van der Waals surface area contributed by atoms with E-state index in [1.807, 2.05) is 0 Å². The van der Waals surface area contributed by atoms with Gasteiger partial charge in [0.1, 0.15) is 0 Å². The maximum Gasteiger partial charge on any atom is 0.0653 e. The molecule has 5 heteroatoms. The van der Waals surface area contributed by atoms with Gasteiger partial charge in [-0.15, -0.1) is 0 Å². The lowest BCUT2D eigenvalue weighted by molar-refractivity contribution is 0.610. The van der Waals surface area contributed by atoms with Gasteiger partial charge in [0.25, 0.3) is 0 Å². The molecule has 0 aliphatic heterocycles. The zero-order valence-electron chi connectivity index (χ0n) is 11.1. The van der Waals surface area contributed by atoms with Crippen molar-refractivity contribution in [2.45, 2.75) is 25.3 Å². The number of hydrogen-bond acceptors (Lipinski definition) is 1.